The highest BCUT2D eigenvalue weighted by Gasteiger charge is 2.19. The molecule has 0 amide bonds. The van der Waals surface area contributed by atoms with Crippen LogP contribution in [0.2, 0.25) is 5.02 Å². The van der Waals surface area contributed by atoms with Crippen molar-refractivity contribution >= 4 is 24.0 Å². The fourth-order valence-electron chi connectivity index (χ4n) is 2.24. The third kappa shape index (κ3) is 2.91. The Kier molecular flexibility index (Phi) is 4.45. The van der Waals surface area contributed by atoms with Gasteiger partial charge in [-0.3, -0.25) is 0 Å². The molecule has 1 atom stereocenters. The van der Waals surface area contributed by atoms with Gasteiger partial charge in [-0.05, 0) is 37.6 Å². The molecular weight excluding hydrogens is 288 g/mol. The molecule has 6 heteroatoms. The van der Waals surface area contributed by atoms with E-state index in [9.17, 15) is 4.39 Å². The third-order valence-corrected chi connectivity index (χ3v) is 3.51. The Bertz CT molecular complexity index is 565. The second kappa shape index (κ2) is 5.90. The highest BCUT2D eigenvalue weighted by molar-refractivity contribution is 6.31. The Balaban J connectivity index is 0.00000133. The quantitative estimate of drug-likeness (QED) is 0.887. The molecule has 3 nitrogen and oxygen atoms in total. The van der Waals surface area contributed by atoms with E-state index in [1.807, 2.05) is 0 Å². The monoisotopic (exact) mass is 301 g/mol. The van der Waals surface area contributed by atoms with Gasteiger partial charge in [-0.25, -0.2) is 9.37 Å². The topological polar surface area (TPSA) is 40.7 Å². The van der Waals surface area contributed by atoms with E-state index in [4.69, 9.17) is 11.6 Å². The maximum absolute atomic E-state index is 13.1. The maximum Gasteiger partial charge on any atom is 0.141 e. The minimum atomic E-state index is -0.405. The molecule has 2 heterocycles. The zero-order valence-corrected chi connectivity index (χ0v) is 11.7. The number of benzene rings is 1. The fourth-order valence-corrected chi connectivity index (χ4v) is 2.42. The van der Waals surface area contributed by atoms with Crippen LogP contribution in [0.5, 0.6) is 0 Å². The summed E-state index contributed by atoms with van der Waals surface area (Å²) in [6.45, 7) is 1.03. The van der Waals surface area contributed by atoms with Crippen LogP contribution in [0.15, 0.2) is 24.4 Å². The summed E-state index contributed by atoms with van der Waals surface area (Å²) in [6.07, 6.45) is 4.03. The molecule has 102 valence electrons. The van der Waals surface area contributed by atoms with Crippen molar-refractivity contribution in [2.45, 2.75) is 18.9 Å². The number of H-pyrrole nitrogens is 1. The van der Waals surface area contributed by atoms with Crippen LogP contribution in [0.3, 0.4) is 0 Å². The van der Waals surface area contributed by atoms with Gasteiger partial charge in [0.15, 0.2) is 0 Å². The van der Waals surface area contributed by atoms with Crippen LogP contribution in [-0.4, -0.2) is 16.5 Å². The smallest absolute Gasteiger partial charge is 0.141 e. The molecule has 0 aliphatic carbocycles. The zero-order chi connectivity index (χ0) is 12.5. The maximum atomic E-state index is 13.1. The van der Waals surface area contributed by atoms with Gasteiger partial charge < -0.3 is 10.3 Å². The average molecular weight is 302 g/mol. The van der Waals surface area contributed by atoms with Crippen molar-refractivity contribution in [1.29, 1.82) is 0 Å². The van der Waals surface area contributed by atoms with Crippen LogP contribution >= 0.6 is 24.0 Å². The van der Waals surface area contributed by atoms with Gasteiger partial charge in [-0.2, -0.15) is 0 Å². The van der Waals surface area contributed by atoms with Gasteiger partial charge in [-0.15, -0.1) is 12.4 Å². The summed E-state index contributed by atoms with van der Waals surface area (Å²) in [5.41, 5.74) is 1.71. The second-order valence-corrected chi connectivity index (χ2v) is 4.87. The molecule has 19 heavy (non-hydrogen) atoms. The molecule has 1 fully saturated rings. The Morgan fingerprint density at radius 1 is 1.37 bits per heavy atom. The first-order chi connectivity index (χ1) is 8.74. The number of hydrogen-bond donors (Lipinski definition) is 2. The molecule has 0 radical (unpaired) electrons. The summed E-state index contributed by atoms with van der Waals surface area (Å²) in [7, 11) is 0. The number of nitrogens with one attached hydrogen (secondary N) is 2. The third-order valence-electron chi connectivity index (χ3n) is 3.22. The summed E-state index contributed by atoms with van der Waals surface area (Å²) in [4.78, 5) is 7.64. The van der Waals surface area contributed by atoms with E-state index in [2.05, 4.69) is 15.3 Å². The van der Waals surface area contributed by atoms with Crippen molar-refractivity contribution in [3.8, 4) is 11.3 Å². The molecule has 1 aliphatic rings. The number of aromatic nitrogens is 2. The van der Waals surface area contributed by atoms with Crippen molar-refractivity contribution in [3.05, 3.63) is 41.1 Å². The van der Waals surface area contributed by atoms with E-state index in [0.717, 1.165) is 30.0 Å². The molecular formula is C13H14Cl2FN3. The van der Waals surface area contributed by atoms with Gasteiger partial charge in [0, 0.05) is 5.56 Å². The number of hydrogen-bond acceptors (Lipinski definition) is 2. The highest BCUT2D eigenvalue weighted by Crippen LogP contribution is 2.26. The lowest BCUT2D eigenvalue weighted by atomic mass is 10.2. The average Bonchev–Trinajstić information content (AvgIpc) is 3.01. The molecule has 0 saturated carbocycles. The van der Waals surface area contributed by atoms with Gasteiger partial charge in [-0.1, -0.05) is 11.6 Å². The lowest BCUT2D eigenvalue weighted by Crippen LogP contribution is -2.14. The second-order valence-electron chi connectivity index (χ2n) is 4.46. The first-order valence-corrected chi connectivity index (χ1v) is 6.35. The normalized spacial score (nSPS) is 18.3. The number of halogens is 3. The number of nitrogens with zero attached hydrogens (tertiary/aromatic N) is 1. The minimum absolute atomic E-state index is 0. The molecule has 2 aromatic rings. The first kappa shape index (κ1) is 14.3. The molecule has 1 aromatic carbocycles. The highest BCUT2D eigenvalue weighted by atomic mass is 35.5. The van der Waals surface area contributed by atoms with Crippen LogP contribution in [0, 0.1) is 5.82 Å². The fraction of sp³-hybridized carbons (Fsp3) is 0.308. The summed E-state index contributed by atoms with van der Waals surface area (Å²) in [5.74, 6) is 0.528. The molecule has 1 saturated heterocycles. The predicted octanol–water partition coefficient (Wildman–Crippen LogP) is 3.72. The Morgan fingerprint density at radius 2 is 2.21 bits per heavy atom. The summed E-state index contributed by atoms with van der Waals surface area (Å²) in [5, 5.41) is 3.51. The molecule has 3 rings (SSSR count). The van der Waals surface area contributed by atoms with E-state index in [1.54, 1.807) is 18.3 Å². The van der Waals surface area contributed by atoms with Crippen LogP contribution in [-0.2, 0) is 0 Å². The molecule has 0 unspecified atom stereocenters. The van der Waals surface area contributed by atoms with E-state index in [1.165, 1.54) is 12.5 Å². The summed E-state index contributed by atoms with van der Waals surface area (Å²) in [6, 6.07) is 4.97. The summed E-state index contributed by atoms with van der Waals surface area (Å²) < 4.78 is 13.1. The SMILES string of the molecule is Cl.Fc1ccc(-c2cnc([C@@H]3CCCN3)[nH]2)cc1Cl. The standard InChI is InChI=1S/C13H13ClFN3.ClH/c14-9-6-8(3-4-10(9)15)12-7-17-13(18-12)11-2-1-5-16-11;/h3-4,6-7,11,16H,1-2,5H2,(H,17,18);1H/t11-;/m0./s1. The van der Waals surface area contributed by atoms with E-state index >= 15 is 0 Å². The number of rotatable bonds is 2. The first-order valence-electron chi connectivity index (χ1n) is 5.98. The largest absolute Gasteiger partial charge is 0.341 e. The number of aromatic amines is 1. The van der Waals surface area contributed by atoms with Gasteiger partial charge in [0.25, 0.3) is 0 Å². The van der Waals surface area contributed by atoms with Crippen molar-refractivity contribution < 1.29 is 4.39 Å². The van der Waals surface area contributed by atoms with Crippen molar-refractivity contribution in [3.63, 3.8) is 0 Å². The predicted molar refractivity (Wildman–Crippen MR) is 76.2 cm³/mol. The van der Waals surface area contributed by atoms with Crippen LogP contribution < -0.4 is 5.32 Å². The summed E-state index contributed by atoms with van der Waals surface area (Å²) >= 11 is 5.78. The van der Waals surface area contributed by atoms with Crippen LogP contribution in [0.25, 0.3) is 11.3 Å². The van der Waals surface area contributed by atoms with Crippen molar-refractivity contribution in [1.82, 2.24) is 15.3 Å². The molecule has 1 aliphatic heterocycles. The molecule has 0 spiro atoms. The van der Waals surface area contributed by atoms with Crippen molar-refractivity contribution in [2.24, 2.45) is 0 Å². The molecule has 0 bridgehead atoms. The van der Waals surface area contributed by atoms with E-state index < -0.39 is 5.82 Å². The van der Waals surface area contributed by atoms with Crippen LogP contribution in [0.1, 0.15) is 24.7 Å². The number of imidazole rings is 1. The Morgan fingerprint density at radius 3 is 2.89 bits per heavy atom. The Hall–Kier alpha value is -1.10. The van der Waals surface area contributed by atoms with E-state index in [0.29, 0.717) is 6.04 Å². The van der Waals surface area contributed by atoms with Gasteiger partial charge >= 0.3 is 0 Å². The lowest BCUT2D eigenvalue weighted by Gasteiger charge is -2.05. The van der Waals surface area contributed by atoms with Gasteiger partial charge in [0.05, 0.1) is 23.0 Å². The van der Waals surface area contributed by atoms with Gasteiger partial charge in [0.2, 0.25) is 0 Å². The lowest BCUT2D eigenvalue weighted by molar-refractivity contribution is 0.613. The molecule has 1 aromatic heterocycles. The van der Waals surface area contributed by atoms with Crippen molar-refractivity contribution in [2.75, 3.05) is 6.54 Å². The van der Waals surface area contributed by atoms with E-state index in [-0.39, 0.29) is 17.4 Å². The minimum Gasteiger partial charge on any atom is -0.341 e. The zero-order valence-electron chi connectivity index (χ0n) is 10.1. The van der Waals surface area contributed by atoms with Gasteiger partial charge in [0.1, 0.15) is 11.6 Å². The Labute approximate surface area is 122 Å². The molecule has 2 N–H and O–H groups in total. The van der Waals surface area contributed by atoms with Crippen LogP contribution in [0.4, 0.5) is 4.39 Å².